The highest BCUT2D eigenvalue weighted by Gasteiger charge is 2.46. The molecule has 1 saturated heterocycles. The minimum absolute atomic E-state index is 0.0700. The average Bonchev–Trinajstić information content (AvgIpc) is 3.31. The largest absolute Gasteiger partial charge is 0.497 e. The number of benzene rings is 3. The number of rotatable bonds is 9. The summed E-state index contributed by atoms with van der Waals surface area (Å²) in [6.45, 7) is 0.335. The molecule has 5 rings (SSSR count). The summed E-state index contributed by atoms with van der Waals surface area (Å²) in [7, 11) is 1.59. The van der Waals surface area contributed by atoms with Crippen LogP contribution in [0.3, 0.4) is 0 Å². The van der Waals surface area contributed by atoms with Gasteiger partial charge in [0.15, 0.2) is 0 Å². The zero-order valence-electron chi connectivity index (χ0n) is 21.8. The fourth-order valence-corrected chi connectivity index (χ4v) is 5.20. The summed E-state index contributed by atoms with van der Waals surface area (Å²) in [6.07, 6.45) is 0.266. The van der Waals surface area contributed by atoms with Crippen molar-refractivity contribution in [2.45, 2.75) is 43.5 Å². The van der Waals surface area contributed by atoms with E-state index in [4.69, 9.17) is 14.2 Å². The van der Waals surface area contributed by atoms with Gasteiger partial charge in [-0.25, -0.2) is 4.79 Å². The first kappa shape index (κ1) is 26.5. The normalized spacial score (nSPS) is 21.2. The molecule has 0 unspecified atom stereocenters. The summed E-state index contributed by atoms with van der Waals surface area (Å²) >= 11 is 0. The Morgan fingerprint density at radius 3 is 2.49 bits per heavy atom. The third-order valence-electron chi connectivity index (χ3n) is 7.10. The van der Waals surface area contributed by atoms with Crippen molar-refractivity contribution in [1.82, 2.24) is 5.32 Å². The molecule has 4 N–H and O–H groups in total. The number of hydrogen-bond donors (Lipinski definition) is 4. The van der Waals surface area contributed by atoms with Crippen LogP contribution in [0, 0.1) is 0 Å². The molecule has 2 aliphatic heterocycles. The van der Waals surface area contributed by atoms with Crippen LogP contribution in [-0.4, -0.2) is 55.6 Å². The number of anilines is 2. The van der Waals surface area contributed by atoms with Gasteiger partial charge in [-0.3, -0.25) is 4.79 Å². The number of ether oxygens (including phenoxy) is 3. The van der Waals surface area contributed by atoms with Crippen molar-refractivity contribution in [3.05, 3.63) is 83.9 Å². The van der Waals surface area contributed by atoms with Gasteiger partial charge in [-0.2, -0.15) is 0 Å². The molecule has 3 aromatic carbocycles. The van der Waals surface area contributed by atoms with Crippen LogP contribution in [0.5, 0.6) is 11.5 Å². The van der Waals surface area contributed by atoms with E-state index in [1.54, 1.807) is 37.4 Å². The molecule has 0 spiro atoms. The van der Waals surface area contributed by atoms with Crippen LogP contribution >= 0.6 is 0 Å². The van der Waals surface area contributed by atoms with Gasteiger partial charge >= 0.3 is 6.03 Å². The van der Waals surface area contributed by atoms with Crippen LogP contribution in [-0.2, 0) is 16.0 Å². The quantitative estimate of drug-likeness (QED) is 0.331. The molecule has 0 aliphatic carbocycles. The highest BCUT2D eigenvalue weighted by molar-refractivity contribution is 5.99. The molecule has 4 atom stereocenters. The molecule has 3 amide bonds. The van der Waals surface area contributed by atoms with E-state index in [-0.39, 0.29) is 43.1 Å². The number of amides is 3. The van der Waals surface area contributed by atoms with Crippen molar-refractivity contribution in [2.24, 2.45) is 0 Å². The van der Waals surface area contributed by atoms with E-state index in [0.29, 0.717) is 35.8 Å². The van der Waals surface area contributed by atoms with E-state index in [0.717, 1.165) is 17.5 Å². The van der Waals surface area contributed by atoms with E-state index < -0.39 is 6.10 Å². The molecule has 3 aromatic rings. The van der Waals surface area contributed by atoms with Gasteiger partial charge < -0.3 is 35.3 Å². The average molecular weight is 532 g/mol. The zero-order valence-corrected chi connectivity index (χ0v) is 21.8. The minimum atomic E-state index is -0.548. The molecule has 1 fully saturated rings. The van der Waals surface area contributed by atoms with E-state index in [1.807, 2.05) is 42.5 Å². The van der Waals surface area contributed by atoms with E-state index >= 15 is 0 Å². The molecule has 2 heterocycles. The predicted octanol–water partition coefficient (Wildman–Crippen LogP) is 4.08. The van der Waals surface area contributed by atoms with Crippen LogP contribution in [0.2, 0.25) is 0 Å². The van der Waals surface area contributed by atoms with Crippen molar-refractivity contribution < 1.29 is 28.9 Å². The first-order valence-electron chi connectivity index (χ1n) is 13.1. The molecule has 0 aromatic heterocycles. The SMILES string of the molecule is COc1ccc(NC(=O)Nc2ccc3c(c2)[C@@H]2C[C@H](CC(=O)NCCc4ccccc4)O[C@@H](CO)[C@@H]2O3)cc1. The lowest BCUT2D eigenvalue weighted by Crippen LogP contribution is -2.47. The third kappa shape index (κ3) is 6.50. The van der Waals surface area contributed by atoms with Crippen molar-refractivity contribution >= 4 is 23.3 Å². The molecule has 0 radical (unpaired) electrons. The van der Waals surface area contributed by atoms with E-state index in [1.165, 1.54) is 0 Å². The molecule has 39 heavy (non-hydrogen) atoms. The van der Waals surface area contributed by atoms with Gasteiger partial charge in [0.05, 0.1) is 26.2 Å². The van der Waals surface area contributed by atoms with Gasteiger partial charge in [0, 0.05) is 29.4 Å². The van der Waals surface area contributed by atoms with Crippen LogP contribution in [0.4, 0.5) is 16.2 Å². The Labute approximate surface area is 227 Å². The van der Waals surface area contributed by atoms with Crippen molar-refractivity contribution in [1.29, 1.82) is 0 Å². The molecule has 0 saturated carbocycles. The number of urea groups is 1. The maximum absolute atomic E-state index is 12.6. The Morgan fingerprint density at radius 1 is 1.00 bits per heavy atom. The summed E-state index contributed by atoms with van der Waals surface area (Å²) in [5.74, 6) is 1.24. The van der Waals surface area contributed by atoms with Gasteiger partial charge in [-0.15, -0.1) is 0 Å². The zero-order chi connectivity index (χ0) is 27.2. The number of nitrogens with one attached hydrogen (secondary N) is 3. The van der Waals surface area contributed by atoms with Crippen LogP contribution in [0.1, 0.15) is 29.9 Å². The maximum Gasteiger partial charge on any atom is 0.323 e. The Morgan fingerprint density at radius 2 is 1.74 bits per heavy atom. The second-order valence-electron chi connectivity index (χ2n) is 9.75. The number of methoxy groups -OCH3 is 1. The Bertz CT molecular complexity index is 1280. The fraction of sp³-hybridized carbons (Fsp3) is 0.333. The monoisotopic (exact) mass is 531 g/mol. The van der Waals surface area contributed by atoms with Gasteiger partial charge in [-0.1, -0.05) is 30.3 Å². The van der Waals surface area contributed by atoms with Crippen molar-refractivity contribution in [3.8, 4) is 11.5 Å². The molecule has 9 heteroatoms. The van der Waals surface area contributed by atoms with Crippen LogP contribution in [0.25, 0.3) is 0 Å². The highest BCUT2D eigenvalue weighted by atomic mass is 16.6. The summed E-state index contributed by atoms with van der Waals surface area (Å²) in [6, 6.07) is 22.2. The van der Waals surface area contributed by atoms with Crippen LogP contribution < -0.4 is 25.4 Å². The first-order chi connectivity index (χ1) is 19.0. The fourth-order valence-electron chi connectivity index (χ4n) is 5.20. The van der Waals surface area contributed by atoms with Crippen molar-refractivity contribution in [3.63, 3.8) is 0 Å². The number of aliphatic hydroxyl groups excluding tert-OH is 1. The molecule has 2 aliphatic rings. The molecule has 9 nitrogen and oxygen atoms in total. The van der Waals surface area contributed by atoms with E-state index in [2.05, 4.69) is 16.0 Å². The summed E-state index contributed by atoms with van der Waals surface area (Å²) in [4.78, 5) is 25.2. The minimum Gasteiger partial charge on any atom is -0.497 e. The lowest BCUT2D eigenvalue weighted by molar-refractivity contribution is -0.142. The first-order valence-corrected chi connectivity index (χ1v) is 13.1. The Hall–Kier alpha value is -4.08. The van der Waals surface area contributed by atoms with Gasteiger partial charge in [-0.05, 0) is 60.9 Å². The van der Waals surface area contributed by atoms with Gasteiger partial charge in [0.2, 0.25) is 5.91 Å². The maximum atomic E-state index is 12.6. The smallest absolute Gasteiger partial charge is 0.323 e. The van der Waals surface area contributed by atoms with Gasteiger partial charge in [0.1, 0.15) is 23.7 Å². The predicted molar refractivity (Wildman–Crippen MR) is 147 cm³/mol. The van der Waals surface area contributed by atoms with E-state index in [9.17, 15) is 14.7 Å². The second kappa shape index (κ2) is 12.2. The van der Waals surface area contributed by atoms with Crippen LogP contribution in [0.15, 0.2) is 72.8 Å². The second-order valence-corrected chi connectivity index (χ2v) is 9.75. The van der Waals surface area contributed by atoms with Crippen molar-refractivity contribution in [2.75, 3.05) is 30.9 Å². The molecule has 204 valence electrons. The molecule has 0 bridgehead atoms. The molecular weight excluding hydrogens is 498 g/mol. The number of fused-ring (bicyclic) bond motifs is 3. The summed E-state index contributed by atoms with van der Waals surface area (Å²) < 4.78 is 17.3. The number of carbonyl (C=O) groups is 2. The van der Waals surface area contributed by atoms with Gasteiger partial charge in [0.25, 0.3) is 0 Å². The highest BCUT2D eigenvalue weighted by Crippen LogP contribution is 2.47. The Kier molecular flexibility index (Phi) is 8.29. The Balaban J connectivity index is 1.19. The molecular formula is C30H33N3O6. The number of hydrogen-bond acceptors (Lipinski definition) is 6. The lowest BCUT2D eigenvalue weighted by atomic mass is 9.84. The topological polar surface area (TPSA) is 118 Å². The summed E-state index contributed by atoms with van der Waals surface area (Å²) in [5.41, 5.74) is 3.35. The number of carbonyl (C=O) groups excluding carboxylic acids is 2. The number of aliphatic hydroxyl groups is 1. The summed E-state index contributed by atoms with van der Waals surface area (Å²) in [5, 5.41) is 18.6. The lowest BCUT2D eigenvalue weighted by Gasteiger charge is -2.37. The third-order valence-corrected chi connectivity index (χ3v) is 7.10. The standard InChI is InChI=1S/C30H33N3O6/c1-37-22-10-7-20(8-11-22)32-30(36)33-21-9-12-26-24(15-21)25-16-23(38-27(18-34)29(25)39-26)17-28(35)31-14-13-19-5-3-2-4-6-19/h2-12,15,23,25,27,29,34H,13-14,16-18H2,1H3,(H,31,35)(H2,32,33,36)/t23-,25+,27+,29-/m1/s1.